The molecule has 0 bridgehead atoms. The average molecular weight is 459 g/mol. The highest BCUT2D eigenvalue weighted by Gasteiger charge is 2.25. The van der Waals surface area contributed by atoms with Crippen molar-refractivity contribution in [3.63, 3.8) is 0 Å². The molecule has 0 aliphatic carbocycles. The molecule has 0 radical (unpaired) electrons. The Morgan fingerprint density at radius 2 is 1.84 bits per heavy atom. The van der Waals surface area contributed by atoms with Gasteiger partial charge in [0.15, 0.2) is 0 Å². The number of hydrogen-bond donors (Lipinski definition) is 1. The zero-order valence-electron chi connectivity index (χ0n) is 19.8. The Morgan fingerprint density at radius 1 is 1.12 bits per heavy atom. The number of nitrogens with zero attached hydrogens (tertiary/aromatic N) is 3. The average Bonchev–Trinajstić information content (AvgIpc) is 2.96. The van der Waals surface area contributed by atoms with Crippen LogP contribution in [0, 0.1) is 5.92 Å². The number of aryl methyl sites for hydroxylation is 1. The van der Waals surface area contributed by atoms with E-state index in [-0.39, 0.29) is 11.8 Å². The van der Waals surface area contributed by atoms with Gasteiger partial charge in [0.05, 0.1) is 0 Å². The van der Waals surface area contributed by atoms with Crippen LogP contribution in [0.2, 0.25) is 5.02 Å². The van der Waals surface area contributed by atoms with Crippen molar-refractivity contribution in [3.05, 3.63) is 35.0 Å². The molecule has 1 atom stereocenters. The Hall–Kier alpha value is -1.56. The smallest absolute Gasteiger partial charge is 0.223 e. The number of amides is 1. The molecule has 1 aromatic heterocycles. The van der Waals surface area contributed by atoms with Crippen LogP contribution in [-0.2, 0) is 18.4 Å². The summed E-state index contributed by atoms with van der Waals surface area (Å²) in [5.41, 5.74) is 2.53. The summed E-state index contributed by atoms with van der Waals surface area (Å²) in [5.74, 6) is 0.409. The number of piperidine rings is 1. The Kier molecular flexibility index (Phi) is 8.14. The third-order valence-corrected chi connectivity index (χ3v) is 7.75. The number of hydrogen-bond acceptors (Lipinski definition) is 3. The highest BCUT2D eigenvalue weighted by Crippen LogP contribution is 2.27. The number of halogens is 1. The number of fused-ring (bicyclic) bond motifs is 1. The van der Waals surface area contributed by atoms with E-state index in [1.54, 1.807) is 0 Å². The molecule has 2 aliphatic heterocycles. The van der Waals surface area contributed by atoms with Crippen LogP contribution in [0.5, 0.6) is 0 Å². The van der Waals surface area contributed by atoms with Gasteiger partial charge >= 0.3 is 0 Å². The van der Waals surface area contributed by atoms with E-state index in [0.29, 0.717) is 6.04 Å². The molecule has 0 saturated carbocycles. The lowest BCUT2D eigenvalue weighted by molar-refractivity contribution is -0.126. The van der Waals surface area contributed by atoms with Crippen LogP contribution >= 0.6 is 11.6 Å². The molecule has 2 aliphatic rings. The molecule has 32 heavy (non-hydrogen) atoms. The van der Waals surface area contributed by atoms with Gasteiger partial charge in [-0.1, -0.05) is 24.4 Å². The van der Waals surface area contributed by atoms with Gasteiger partial charge < -0.3 is 14.8 Å². The van der Waals surface area contributed by atoms with Crippen molar-refractivity contribution in [2.75, 3.05) is 32.7 Å². The van der Waals surface area contributed by atoms with Crippen molar-refractivity contribution in [2.24, 2.45) is 13.0 Å². The van der Waals surface area contributed by atoms with Gasteiger partial charge in [-0.15, -0.1) is 0 Å². The molecule has 1 N–H and O–H groups in total. The summed E-state index contributed by atoms with van der Waals surface area (Å²) in [6, 6.07) is 6.67. The zero-order valence-corrected chi connectivity index (χ0v) is 20.5. The van der Waals surface area contributed by atoms with Gasteiger partial charge in [-0.2, -0.15) is 0 Å². The van der Waals surface area contributed by atoms with Gasteiger partial charge in [-0.05, 0) is 89.0 Å². The molecular formula is C26H39ClN4O. The number of carbonyl (C=O) groups excluding carboxylic acids is 1. The molecule has 5 nitrogen and oxygen atoms in total. The maximum Gasteiger partial charge on any atom is 0.223 e. The minimum atomic E-state index is 0.154. The van der Waals surface area contributed by atoms with Gasteiger partial charge in [-0.25, -0.2) is 0 Å². The van der Waals surface area contributed by atoms with Gasteiger partial charge in [0.2, 0.25) is 5.91 Å². The number of likely N-dealkylation sites (tertiary alicyclic amines) is 2. The first kappa shape index (κ1) is 23.6. The minimum Gasteiger partial charge on any atom is -0.356 e. The van der Waals surface area contributed by atoms with Crippen LogP contribution < -0.4 is 5.32 Å². The summed E-state index contributed by atoms with van der Waals surface area (Å²) >= 11 is 6.24. The fourth-order valence-corrected chi connectivity index (χ4v) is 5.61. The molecular weight excluding hydrogens is 420 g/mol. The number of aromatic nitrogens is 1. The standard InChI is InChI=1S/C26H39ClN4O/c1-20(31-13-5-3-4-6-14-31)9-12-28-26(32)21-10-15-30(16-11-21)19-22-18-29(2)25-8-7-23(27)17-24(22)25/h7-8,17-18,20-21H,3-6,9-16,19H2,1-2H3,(H,28,32). The van der Waals surface area contributed by atoms with E-state index in [1.807, 2.05) is 6.07 Å². The summed E-state index contributed by atoms with van der Waals surface area (Å²) in [7, 11) is 2.09. The maximum absolute atomic E-state index is 12.7. The van der Waals surface area contributed by atoms with Crippen molar-refractivity contribution < 1.29 is 4.79 Å². The number of rotatable bonds is 7. The van der Waals surface area contributed by atoms with E-state index in [2.05, 4.69) is 52.0 Å². The van der Waals surface area contributed by atoms with Crippen LogP contribution in [0.3, 0.4) is 0 Å². The fourth-order valence-electron chi connectivity index (χ4n) is 5.43. The number of benzene rings is 1. The van der Waals surface area contributed by atoms with E-state index < -0.39 is 0 Å². The topological polar surface area (TPSA) is 40.5 Å². The van der Waals surface area contributed by atoms with Gasteiger partial charge in [0.1, 0.15) is 0 Å². The fraction of sp³-hybridized carbons (Fsp3) is 0.654. The maximum atomic E-state index is 12.7. The molecule has 6 heteroatoms. The number of nitrogens with one attached hydrogen (secondary N) is 1. The Balaban J connectivity index is 1.21. The third-order valence-electron chi connectivity index (χ3n) is 7.51. The van der Waals surface area contributed by atoms with Crippen LogP contribution in [-0.4, -0.2) is 59.0 Å². The summed E-state index contributed by atoms with van der Waals surface area (Å²) < 4.78 is 2.17. The molecule has 2 aromatic rings. The molecule has 0 spiro atoms. The van der Waals surface area contributed by atoms with Crippen LogP contribution in [0.25, 0.3) is 10.9 Å². The normalized spacial score (nSPS) is 20.3. The lowest BCUT2D eigenvalue weighted by Gasteiger charge is -2.31. The quantitative estimate of drug-likeness (QED) is 0.646. The largest absolute Gasteiger partial charge is 0.356 e. The first-order valence-electron chi connectivity index (χ1n) is 12.5. The molecule has 3 heterocycles. The van der Waals surface area contributed by atoms with Crippen molar-refractivity contribution in [3.8, 4) is 0 Å². The molecule has 1 unspecified atom stereocenters. The summed E-state index contributed by atoms with van der Waals surface area (Å²) in [6.07, 6.45) is 10.5. The van der Waals surface area contributed by atoms with E-state index in [9.17, 15) is 4.79 Å². The van der Waals surface area contributed by atoms with Crippen molar-refractivity contribution in [1.29, 1.82) is 0 Å². The predicted molar refractivity (Wildman–Crippen MR) is 133 cm³/mol. The van der Waals surface area contributed by atoms with Gasteiger partial charge in [0, 0.05) is 54.2 Å². The Morgan fingerprint density at radius 3 is 2.56 bits per heavy atom. The van der Waals surface area contributed by atoms with E-state index in [1.165, 1.54) is 55.2 Å². The SMILES string of the molecule is CC(CCNC(=O)C1CCN(Cc2cn(C)c3ccc(Cl)cc23)CC1)N1CCCCCC1. The zero-order chi connectivity index (χ0) is 22.5. The summed E-state index contributed by atoms with van der Waals surface area (Å²) in [4.78, 5) is 17.8. The molecule has 176 valence electrons. The van der Waals surface area contributed by atoms with Crippen molar-refractivity contribution in [1.82, 2.24) is 19.7 Å². The van der Waals surface area contributed by atoms with Gasteiger partial charge in [0.25, 0.3) is 0 Å². The molecule has 2 saturated heterocycles. The second kappa shape index (κ2) is 11.0. The predicted octanol–water partition coefficient (Wildman–Crippen LogP) is 4.81. The molecule has 1 aromatic carbocycles. The first-order valence-corrected chi connectivity index (χ1v) is 12.9. The molecule has 4 rings (SSSR count). The first-order chi connectivity index (χ1) is 15.5. The summed E-state index contributed by atoms with van der Waals surface area (Å²) in [5, 5.41) is 5.25. The van der Waals surface area contributed by atoms with Crippen LogP contribution in [0.4, 0.5) is 0 Å². The van der Waals surface area contributed by atoms with Crippen LogP contribution in [0.1, 0.15) is 57.4 Å². The van der Waals surface area contributed by atoms with E-state index >= 15 is 0 Å². The van der Waals surface area contributed by atoms with E-state index in [0.717, 1.165) is 50.5 Å². The Labute approximate surface area is 198 Å². The second-order valence-electron chi connectivity index (χ2n) is 9.86. The van der Waals surface area contributed by atoms with Crippen molar-refractivity contribution >= 4 is 28.4 Å². The van der Waals surface area contributed by atoms with Crippen molar-refractivity contribution in [2.45, 2.75) is 64.5 Å². The van der Waals surface area contributed by atoms with Gasteiger partial charge in [-0.3, -0.25) is 9.69 Å². The highest BCUT2D eigenvalue weighted by atomic mass is 35.5. The minimum absolute atomic E-state index is 0.154. The lowest BCUT2D eigenvalue weighted by atomic mass is 9.95. The lowest BCUT2D eigenvalue weighted by Crippen LogP contribution is -2.42. The van der Waals surface area contributed by atoms with Crippen LogP contribution in [0.15, 0.2) is 24.4 Å². The third kappa shape index (κ3) is 5.86. The molecule has 2 fully saturated rings. The van der Waals surface area contributed by atoms with E-state index in [4.69, 9.17) is 11.6 Å². The monoisotopic (exact) mass is 458 g/mol. The number of carbonyl (C=O) groups is 1. The summed E-state index contributed by atoms with van der Waals surface area (Å²) in [6.45, 7) is 8.41. The Bertz CT molecular complexity index is 895. The second-order valence-corrected chi connectivity index (χ2v) is 10.3. The highest BCUT2D eigenvalue weighted by molar-refractivity contribution is 6.31. The molecule has 1 amide bonds.